The van der Waals surface area contributed by atoms with E-state index in [1.54, 1.807) is 0 Å². The maximum absolute atomic E-state index is 9.25. The van der Waals surface area contributed by atoms with Crippen molar-refractivity contribution in [3.8, 4) is 0 Å². The van der Waals surface area contributed by atoms with Crippen LogP contribution in [-0.4, -0.2) is 61.5 Å². The molecule has 0 saturated carbocycles. The summed E-state index contributed by atoms with van der Waals surface area (Å²) in [6, 6.07) is 0.879. The molecule has 0 spiro atoms. The van der Waals surface area contributed by atoms with Crippen LogP contribution < -0.4 is 5.32 Å². The standard InChI is InChI=1S/C10H20N2O2/c13-7-10-8-14-6-5-12(10)9-1-3-11-4-2-9/h9-11,13H,1-8H2. The van der Waals surface area contributed by atoms with Crippen LogP contribution in [0.4, 0.5) is 0 Å². The molecule has 4 heteroatoms. The first-order valence-electron chi connectivity index (χ1n) is 5.57. The summed E-state index contributed by atoms with van der Waals surface area (Å²) in [5.74, 6) is 0. The second-order valence-electron chi connectivity index (χ2n) is 4.13. The third kappa shape index (κ3) is 2.25. The summed E-state index contributed by atoms with van der Waals surface area (Å²) in [6.07, 6.45) is 2.41. The van der Waals surface area contributed by atoms with Gasteiger partial charge in [-0.25, -0.2) is 0 Å². The predicted octanol–water partition coefficient (Wildman–Crippen LogP) is -0.568. The smallest absolute Gasteiger partial charge is 0.0644 e. The fraction of sp³-hybridized carbons (Fsp3) is 1.00. The van der Waals surface area contributed by atoms with E-state index in [1.165, 1.54) is 12.8 Å². The van der Waals surface area contributed by atoms with Gasteiger partial charge >= 0.3 is 0 Å². The van der Waals surface area contributed by atoms with Gasteiger partial charge in [0.1, 0.15) is 0 Å². The number of ether oxygens (including phenoxy) is 1. The molecule has 82 valence electrons. The van der Waals surface area contributed by atoms with Gasteiger partial charge in [0, 0.05) is 12.6 Å². The Labute approximate surface area is 85.2 Å². The first kappa shape index (κ1) is 10.4. The number of nitrogens with one attached hydrogen (secondary N) is 1. The van der Waals surface area contributed by atoms with Gasteiger partial charge in [0.2, 0.25) is 0 Å². The molecule has 2 saturated heterocycles. The zero-order valence-electron chi connectivity index (χ0n) is 8.61. The molecule has 0 aliphatic carbocycles. The molecular formula is C10H20N2O2. The number of hydrogen-bond acceptors (Lipinski definition) is 4. The highest BCUT2D eigenvalue weighted by atomic mass is 16.5. The Morgan fingerprint density at radius 1 is 1.36 bits per heavy atom. The molecule has 0 bridgehead atoms. The number of aliphatic hydroxyl groups is 1. The zero-order valence-corrected chi connectivity index (χ0v) is 8.61. The molecule has 0 radical (unpaired) electrons. The topological polar surface area (TPSA) is 44.7 Å². The van der Waals surface area contributed by atoms with Gasteiger partial charge in [-0.1, -0.05) is 0 Å². The molecule has 2 aliphatic rings. The number of hydrogen-bond donors (Lipinski definition) is 2. The summed E-state index contributed by atoms with van der Waals surface area (Å²) in [7, 11) is 0. The highest BCUT2D eigenvalue weighted by molar-refractivity contribution is 4.84. The van der Waals surface area contributed by atoms with Crippen molar-refractivity contribution in [1.82, 2.24) is 10.2 Å². The third-order valence-electron chi connectivity index (χ3n) is 3.26. The lowest BCUT2D eigenvalue weighted by molar-refractivity contribution is -0.0520. The quantitative estimate of drug-likeness (QED) is 0.627. The van der Waals surface area contributed by atoms with Crippen LogP contribution in [0.2, 0.25) is 0 Å². The van der Waals surface area contributed by atoms with Gasteiger partial charge in [0.15, 0.2) is 0 Å². The van der Waals surface area contributed by atoms with E-state index in [0.717, 1.165) is 26.2 Å². The molecule has 0 aromatic rings. The van der Waals surface area contributed by atoms with Crippen LogP contribution >= 0.6 is 0 Å². The first-order valence-corrected chi connectivity index (χ1v) is 5.57. The summed E-state index contributed by atoms with van der Waals surface area (Å²) in [5, 5.41) is 12.6. The highest BCUT2D eigenvalue weighted by Crippen LogP contribution is 2.17. The van der Waals surface area contributed by atoms with Crippen molar-refractivity contribution in [2.75, 3.05) is 39.5 Å². The van der Waals surface area contributed by atoms with Gasteiger partial charge in [0.25, 0.3) is 0 Å². The molecule has 14 heavy (non-hydrogen) atoms. The van der Waals surface area contributed by atoms with E-state index < -0.39 is 0 Å². The number of morpholine rings is 1. The number of rotatable bonds is 2. The molecule has 2 fully saturated rings. The summed E-state index contributed by atoms with van der Waals surface area (Å²) in [4.78, 5) is 2.43. The van der Waals surface area contributed by atoms with Crippen molar-refractivity contribution in [3.05, 3.63) is 0 Å². The van der Waals surface area contributed by atoms with Crippen LogP contribution in [0, 0.1) is 0 Å². The van der Waals surface area contributed by atoms with Crippen LogP contribution in [0.15, 0.2) is 0 Å². The van der Waals surface area contributed by atoms with Crippen molar-refractivity contribution in [3.63, 3.8) is 0 Å². The number of nitrogens with zero attached hydrogens (tertiary/aromatic N) is 1. The molecular weight excluding hydrogens is 180 g/mol. The molecule has 0 aromatic heterocycles. The largest absolute Gasteiger partial charge is 0.395 e. The van der Waals surface area contributed by atoms with Crippen LogP contribution in [-0.2, 0) is 4.74 Å². The molecule has 1 atom stereocenters. The van der Waals surface area contributed by atoms with Crippen molar-refractivity contribution in [1.29, 1.82) is 0 Å². The Bertz CT molecular complexity index is 172. The summed E-state index contributed by atoms with van der Waals surface area (Å²) in [6.45, 7) is 4.95. The Kier molecular flexibility index (Phi) is 3.75. The number of piperidine rings is 1. The van der Waals surface area contributed by atoms with Gasteiger partial charge in [-0.15, -0.1) is 0 Å². The zero-order chi connectivity index (χ0) is 9.80. The average Bonchev–Trinajstić information content (AvgIpc) is 2.30. The molecule has 0 aromatic carbocycles. The fourth-order valence-electron chi connectivity index (χ4n) is 2.44. The molecule has 2 heterocycles. The van der Waals surface area contributed by atoms with Gasteiger partial charge in [-0.2, -0.15) is 0 Å². The number of aliphatic hydroxyl groups excluding tert-OH is 1. The van der Waals surface area contributed by atoms with Gasteiger partial charge in [-0.05, 0) is 25.9 Å². The van der Waals surface area contributed by atoms with Gasteiger partial charge in [0.05, 0.1) is 25.9 Å². The maximum atomic E-state index is 9.25. The lowest BCUT2D eigenvalue weighted by Crippen LogP contribution is -2.54. The van der Waals surface area contributed by atoms with Crippen LogP contribution in [0.1, 0.15) is 12.8 Å². The summed E-state index contributed by atoms with van der Waals surface area (Å²) < 4.78 is 5.38. The predicted molar refractivity (Wildman–Crippen MR) is 54.3 cm³/mol. The normalized spacial score (nSPS) is 31.9. The molecule has 1 unspecified atom stereocenters. The second-order valence-corrected chi connectivity index (χ2v) is 4.13. The summed E-state index contributed by atoms with van der Waals surface area (Å²) >= 11 is 0. The average molecular weight is 200 g/mol. The fourth-order valence-corrected chi connectivity index (χ4v) is 2.44. The Morgan fingerprint density at radius 2 is 2.14 bits per heavy atom. The van der Waals surface area contributed by atoms with Crippen molar-refractivity contribution in [2.24, 2.45) is 0 Å². The minimum atomic E-state index is 0.226. The van der Waals surface area contributed by atoms with Crippen molar-refractivity contribution in [2.45, 2.75) is 24.9 Å². The SMILES string of the molecule is OCC1COCCN1C1CCNCC1. The highest BCUT2D eigenvalue weighted by Gasteiger charge is 2.29. The van der Waals surface area contributed by atoms with Crippen molar-refractivity contribution >= 4 is 0 Å². The lowest BCUT2D eigenvalue weighted by Gasteiger charge is -2.41. The van der Waals surface area contributed by atoms with E-state index in [1.807, 2.05) is 0 Å². The third-order valence-corrected chi connectivity index (χ3v) is 3.26. The van der Waals surface area contributed by atoms with Gasteiger partial charge in [-0.3, -0.25) is 4.90 Å². The van der Waals surface area contributed by atoms with E-state index in [9.17, 15) is 5.11 Å². The van der Waals surface area contributed by atoms with E-state index >= 15 is 0 Å². The van der Waals surface area contributed by atoms with E-state index in [2.05, 4.69) is 10.2 Å². The minimum Gasteiger partial charge on any atom is -0.395 e. The van der Waals surface area contributed by atoms with E-state index in [0.29, 0.717) is 12.6 Å². The van der Waals surface area contributed by atoms with Gasteiger partial charge < -0.3 is 15.2 Å². The van der Waals surface area contributed by atoms with E-state index in [-0.39, 0.29) is 12.6 Å². The van der Waals surface area contributed by atoms with E-state index in [4.69, 9.17) is 4.74 Å². The molecule has 0 amide bonds. The lowest BCUT2D eigenvalue weighted by atomic mass is 10.0. The first-order chi connectivity index (χ1) is 6.92. The molecule has 2 N–H and O–H groups in total. The molecule has 2 aliphatic heterocycles. The molecule has 2 rings (SSSR count). The Balaban J connectivity index is 1.91. The van der Waals surface area contributed by atoms with Crippen LogP contribution in [0.5, 0.6) is 0 Å². The maximum Gasteiger partial charge on any atom is 0.0644 e. The Morgan fingerprint density at radius 3 is 2.86 bits per heavy atom. The van der Waals surface area contributed by atoms with Crippen molar-refractivity contribution < 1.29 is 9.84 Å². The second kappa shape index (κ2) is 5.07. The van der Waals surface area contributed by atoms with Crippen LogP contribution in [0.25, 0.3) is 0 Å². The Hall–Kier alpha value is -0.160. The molecule has 4 nitrogen and oxygen atoms in total. The minimum absolute atomic E-state index is 0.226. The monoisotopic (exact) mass is 200 g/mol. The summed E-state index contributed by atoms with van der Waals surface area (Å²) in [5.41, 5.74) is 0. The van der Waals surface area contributed by atoms with Crippen LogP contribution in [0.3, 0.4) is 0 Å².